The molecule has 2 rings (SSSR count). The lowest BCUT2D eigenvalue weighted by Gasteiger charge is -2.23. The summed E-state index contributed by atoms with van der Waals surface area (Å²) in [6, 6.07) is 12.8. The van der Waals surface area contributed by atoms with Crippen LogP contribution in [0.3, 0.4) is 0 Å². The number of nitrogens with one attached hydrogen (secondary N) is 1. The highest BCUT2D eigenvalue weighted by Gasteiger charge is 2.17. The summed E-state index contributed by atoms with van der Waals surface area (Å²) in [5.41, 5.74) is 2.75. The van der Waals surface area contributed by atoms with Gasteiger partial charge in [-0.05, 0) is 36.6 Å². The van der Waals surface area contributed by atoms with Crippen molar-refractivity contribution < 1.29 is 4.42 Å². The van der Waals surface area contributed by atoms with Crippen LogP contribution in [0.5, 0.6) is 0 Å². The molecule has 0 fully saturated rings. The van der Waals surface area contributed by atoms with Gasteiger partial charge in [0.1, 0.15) is 11.5 Å². The monoisotopic (exact) mass is 257 g/mol. The molecule has 0 spiro atoms. The SMILES string of the molecule is CCC(C)(C)c1ccc(-c2ccc(CNC)o2)cc1. The first-order chi connectivity index (χ1) is 9.06. The first-order valence-electron chi connectivity index (χ1n) is 6.91. The largest absolute Gasteiger partial charge is 0.460 e. The van der Waals surface area contributed by atoms with Gasteiger partial charge in [0.05, 0.1) is 6.54 Å². The quantitative estimate of drug-likeness (QED) is 0.861. The highest BCUT2D eigenvalue weighted by molar-refractivity contribution is 5.58. The average molecular weight is 257 g/mol. The van der Waals surface area contributed by atoms with Gasteiger partial charge in [0.15, 0.2) is 0 Å². The highest BCUT2D eigenvalue weighted by atomic mass is 16.3. The molecular formula is C17H23NO. The minimum absolute atomic E-state index is 0.235. The Morgan fingerprint density at radius 1 is 1.05 bits per heavy atom. The van der Waals surface area contributed by atoms with Crippen molar-refractivity contribution >= 4 is 0 Å². The number of hydrogen-bond acceptors (Lipinski definition) is 2. The van der Waals surface area contributed by atoms with E-state index < -0.39 is 0 Å². The van der Waals surface area contributed by atoms with E-state index in [4.69, 9.17) is 4.42 Å². The molecule has 0 bridgehead atoms. The minimum Gasteiger partial charge on any atom is -0.460 e. The third-order valence-electron chi connectivity index (χ3n) is 3.85. The number of furan rings is 1. The summed E-state index contributed by atoms with van der Waals surface area (Å²) in [4.78, 5) is 0. The fourth-order valence-electron chi connectivity index (χ4n) is 2.09. The van der Waals surface area contributed by atoms with Crippen molar-refractivity contribution in [3.05, 3.63) is 47.7 Å². The molecule has 19 heavy (non-hydrogen) atoms. The molecule has 0 saturated carbocycles. The Morgan fingerprint density at radius 3 is 2.32 bits per heavy atom. The van der Waals surface area contributed by atoms with Crippen LogP contribution in [0.4, 0.5) is 0 Å². The van der Waals surface area contributed by atoms with Crippen LogP contribution >= 0.6 is 0 Å². The Bertz CT molecular complexity index is 522. The fourth-order valence-corrected chi connectivity index (χ4v) is 2.09. The van der Waals surface area contributed by atoms with Crippen molar-refractivity contribution in [2.45, 2.75) is 39.2 Å². The number of benzene rings is 1. The van der Waals surface area contributed by atoms with Gasteiger partial charge in [0.2, 0.25) is 0 Å². The van der Waals surface area contributed by atoms with Crippen LogP contribution in [0.1, 0.15) is 38.5 Å². The van der Waals surface area contributed by atoms with Crippen LogP contribution in [0.15, 0.2) is 40.8 Å². The molecule has 1 N–H and O–H groups in total. The van der Waals surface area contributed by atoms with Crippen molar-refractivity contribution in [3.63, 3.8) is 0 Å². The molecule has 1 aromatic carbocycles. The van der Waals surface area contributed by atoms with Gasteiger partial charge in [-0.25, -0.2) is 0 Å². The minimum atomic E-state index is 0.235. The lowest BCUT2D eigenvalue weighted by molar-refractivity contribution is 0.503. The summed E-state index contributed by atoms with van der Waals surface area (Å²) >= 11 is 0. The molecular weight excluding hydrogens is 234 g/mol. The summed E-state index contributed by atoms with van der Waals surface area (Å²) in [5.74, 6) is 1.90. The third-order valence-corrected chi connectivity index (χ3v) is 3.85. The Hall–Kier alpha value is -1.54. The van der Waals surface area contributed by atoms with Crippen molar-refractivity contribution in [2.75, 3.05) is 7.05 Å². The molecule has 1 heterocycles. The van der Waals surface area contributed by atoms with E-state index in [9.17, 15) is 0 Å². The van der Waals surface area contributed by atoms with Crippen LogP contribution in [-0.4, -0.2) is 7.05 Å². The standard InChI is InChI=1S/C17H23NO/c1-5-17(2,3)14-8-6-13(7-9-14)16-11-10-15(19-16)12-18-4/h6-11,18H,5,12H2,1-4H3. The van der Waals surface area contributed by atoms with Gasteiger partial charge in [-0.1, -0.05) is 45.0 Å². The van der Waals surface area contributed by atoms with E-state index >= 15 is 0 Å². The Kier molecular flexibility index (Phi) is 4.11. The highest BCUT2D eigenvalue weighted by Crippen LogP contribution is 2.29. The second-order valence-corrected chi connectivity index (χ2v) is 5.61. The second-order valence-electron chi connectivity index (χ2n) is 5.61. The topological polar surface area (TPSA) is 25.2 Å². The predicted molar refractivity (Wildman–Crippen MR) is 80.2 cm³/mol. The molecule has 0 aliphatic carbocycles. The molecule has 2 aromatic rings. The molecule has 0 aliphatic heterocycles. The zero-order chi connectivity index (χ0) is 13.9. The molecule has 1 aromatic heterocycles. The summed E-state index contributed by atoms with van der Waals surface area (Å²) in [6.45, 7) is 7.55. The van der Waals surface area contributed by atoms with E-state index in [1.807, 2.05) is 19.2 Å². The first kappa shape index (κ1) is 13.9. The first-order valence-corrected chi connectivity index (χ1v) is 6.91. The van der Waals surface area contributed by atoms with E-state index in [2.05, 4.69) is 50.4 Å². The van der Waals surface area contributed by atoms with E-state index in [1.165, 1.54) is 5.56 Å². The molecule has 0 radical (unpaired) electrons. The third kappa shape index (κ3) is 3.07. The fraction of sp³-hybridized carbons (Fsp3) is 0.412. The maximum Gasteiger partial charge on any atom is 0.134 e. The molecule has 0 atom stereocenters. The average Bonchev–Trinajstić information content (AvgIpc) is 2.88. The zero-order valence-corrected chi connectivity index (χ0v) is 12.3. The van der Waals surface area contributed by atoms with Crippen LogP contribution in [0, 0.1) is 0 Å². The smallest absolute Gasteiger partial charge is 0.134 e. The van der Waals surface area contributed by atoms with Gasteiger partial charge >= 0.3 is 0 Å². The Morgan fingerprint density at radius 2 is 1.74 bits per heavy atom. The summed E-state index contributed by atoms with van der Waals surface area (Å²) < 4.78 is 5.80. The summed E-state index contributed by atoms with van der Waals surface area (Å²) in [6.07, 6.45) is 1.14. The van der Waals surface area contributed by atoms with Gasteiger partial charge in [0, 0.05) is 5.56 Å². The van der Waals surface area contributed by atoms with Gasteiger partial charge in [-0.3, -0.25) is 0 Å². The maximum absolute atomic E-state index is 5.80. The molecule has 0 unspecified atom stereocenters. The van der Waals surface area contributed by atoms with Crippen molar-refractivity contribution in [3.8, 4) is 11.3 Å². The molecule has 0 saturated heterocycles. The van der Waals surface area contributed by atoms with Crippen LogP contribution < -0.4 is 5.32 Å². The van der Waals surface area contributed by atoms with E-state index in [-0.39, 0.29) is 5.41 Å². The summed E-state index contributed by atoms with van der Waals surface area (Å²) in [7, 11) is 1.92. The van der Waals surface area contributed by atoms with Crippen LogP contribution in [0.2, 0.25) is 0 Å². The second kappa shape index (κ2) is 5.62. The van der Waals surface area contributed by atoms with E-state index in [0.717, 1.165) is 30.0 Å². The van der Waals surface area contributed by atoms with Gasteiger partial charge < -0.3 is 9.73 Å². The Balaban J connectivity index is 2.22. The number of rotatable bonds is 5. The Labute approximate surface area is 115 Å². The molecule has 0 aliphatic rings. The van der Waals surface area contributed by atoms with Gasteiger partial charge in [-0.15, -0.1) is 0 Å². The van der Waals surface area contributed by atoms with Crippen LogP contribution in [-0.2, 0) is 12.0 Å². The lowest BCUT2D eigenvalue weighted by Crippen LogP contribution is -2.14. The van der Waals surface area contributed by atoms with Crippen molar-refractivity contribution in [1.29, 1.82) is 0 Å². The predicted octanol–water partition coefficient (Wildman–Crippen LogP) is 4.35. The lowest BCUT2D eigenvalue weighted by atomic mass is 9.82. The number of hydrogen-bond donors (Lipinski definition) is 1. The van der Waals surface area contributed by atoms with E-state index in [1.54, 1.807) is 0 Å². The molecule has 2 nitrogen and oxygen atoms in total. The normalized spacial score (nSPS) is 11.8. The summed E-state index contributed by atoms with van der Waals surface area (Å²) in [5, 5.41) is 3.09. The van der Waals surface area contributed by atoms with Crippen LogP contribution in [0.25, 0.3) is 11.3 Å². The molecule has 2 heteroatoms. The van der Waals surface area contributed by atoms with Crippen molar-refractivity contribution in [1.82, 2.24) is 5.32 Å². The maximum atomic E-state index is 5.80. The molecule has 102 valence electrons. The van der Waals surface area contributed by atoms with Gasteiger partial charge in [0.25, 0.3) is 0 Å². The van der Waals surface area contributed by atoms with E-state index in [0.29, 0.717) is 0 Å². The van der Waals surface area contributed by atoms with Gasteiger partial charge in [-0.2, -0.15) is 0 Å². The zero-order valence-electron chi connectivity index (χ0n) is 12.3. The van der Waals surface area contributed by atoms with Crippen molar-refractivity contribution in [2.24, 2.45) is 0 Å². The molecule has 0 amide bonds.